The van der Waals surface area contributed by atoms with Crippen molar-refractivity contribution in [3.8, 4) is 0 Å². The predicted octanol–water partition coefficient (Wildman–Crippen LogP) is 25.5. The Bertz CT molecular complexity index is 2000. The molecule has 0 aliphatic rings. The molecule has 0 radical (unpaired) electrons. The lowest BCUT2D eigenvalue weighted by atomic mass is 10.0. The molecular formula is C83H132O5. The zero-order chi connectivity index (χ0) is 63.3. The van der Waals surface area contributed by atoms with E-state index >= 15 is 0 Å². The molecule has 0 heterocycles. The van der Waals surface area contributed by atoms with Crippen LogP contribution >= 0.6 is 0 Å². The molecule has 0 aliphatic carbocycles. The molecule has 0 aliphatic heterocycles. The van der Waals surface area contributed by atoms with Crippen molar-refractivity contribution in [1.29, 1.82) is 0 Å². The van der Waals surface area contributed by atoms with Gasteiger partial charge < -0.3 is 14.6 Å². The van der Waals surface area contributed by atoms with Gasteiger partial charge in [0.1, 0.15) is 6.61 Å². The van der Waals surface area contributed by atoms with Gasteiger partial charge in [-0.2, -0.15) is 0 Å². The molecule has 1 atom stereocenters. The van der Waals surface area contributed by atoms with Crippen LogP contribution in [0.5, 0.6) is 0 Å². The summed E-state index contributed by atoms with van der Waals surface area (Å²) in [6, 6.07) is 0. The van der Waals surface area contributed by atoms with Crippen LogP contribution in [0.15, 0.2) is 194 Å². The number of aliphatic hydroxyl groups is 1. The molecule has 5 nitrogen and oxygen atoms in total. The maximum absolute atomic E-state index is 12.4. The highest BCUT2D eigenvalue weighted by Crippen LogP contribution is 2.16. The quantitative estimate of drug-likeness (QED) is 0.0373. The molecule has 0 bridgehead atoms. The molecule has 0 aromatic carbocycles. The lowest BCUT2D eigenvalue weighted by Crippen LogP contribution is -2.28. The van der Waals surface area contributed by atoms with E-state index in [9.17, 15) is 14.7 Å². The largest absolute Gasteiger partial charge is 0.462 e. The number of hydrogen-bond acceptors (Lipinski definition) is 5. The number of unbranched alkanes of at least 4 members (excludes halogenated alkanes) is 24. The summed E-state index contributed by atoms with van der Waals surface area (Å²) in [4.78, 5) is 24.7. The second-order valence-corrected chi connectivity index (χ2v) is 23.2. The zero-order valence-electron chi connectivity index (χ0n) is 56.7. The third kappa shape index (κ3) is 73.2. The highest BCUT2D eigenvalue weighted by molar-refractivity contribution is 5.70. The van der Waals surface area contributed by atoms with Crippen LogP contribution in [0.2, 0.25) is 0 Å². The molecule has 88 heavy (non-hydrogen) atoms. The highest BCUT2D eigenvalue weighted by atomic mass is 16.6. The molecule has 1 N–H and O–H groups in total. The van der Waals surface area contributed by atoms with Gasteiger partial charge in [-0.05, 0) is 141 Å². The van der Waals surface area contributed by atoms with Crippen LogP contribution in [0.4, 0.5) is 0 Å². The molecule has 494 valence electrons. The van der Waals surface area contributed by atoms with Crippen molar-refractivity contribution in [3.05, 3.63) is 194 Å². The average Bonchev–Trinajstić information content (AvgIpc) is 3.56. The topological polar surface area (TPSA) is 72.8 Å². The Balaban J connectivity index is 3.55. The van der Waals surface area contributed by atoms with Crippen molar-refractivity contribution in [1.82, 2.24) is 0 Å². The molecule has 0 aromatic heterocycles. The second-order valence-electron chi connectivity index (χ2n) is 23.2. The van der Waals surface area contributed by atoms with Crippen molar-refractivity contribution in [3.63, 3.8) is 0 Å². The highest BCUT2D eigenvalue weighted by Gasteiger charge is 2.16. The number of carbonyl (C=O) groups is 2. The Labute approximate surface area is 543 Å². The van der Waals surface area contributed by atoms with Gasteiger partial charge in [0, 0.05) is 12.8 Å². The van der Waals surface area contributed by atoms with Gasteiger partial charge in [0.25, 0.3) is 0 Å². The average molecular weight is 1210 g/mol. The van der Waals surface area contributed by atoms with Gasteiger partial charge in [0.2, 0.25) is 0 Å². The van der Waals surface area contributed by atoms with Crippen molar-refractivity contribution in [2.45, 2.75) is 302 Å². The van der Waals surface area contributed by atoms with Crippen molar-refractivity contribution in [2.24, 2.45) is 0 Å². The van der Waals surface area contributed by atoms with Crippen LogP contribution in [-0.2, 0) is 19.1 Å². The number of carbonyl (C=O) groups excluding carboxylic acids is 2. The normalized spacial score (nSPS) is 13.4. The standard InChI is InChI=1S/C83H132O5/c1-3-5-7-9-11-13-15-17-19-21-23-25-27-29-31-33-35-37-38-39-40-41-42-43-44-46-47-49-51-53-55-57-59-61-63-65-67-69-71-73-75-77-82(85)87-80-81(79-84)88-83(86)78-76-74-72-70-68-66-64-62-60-58-56-54-52-50-48-45-36-34-32-30-28-26-24-22-20-18-16-14-12-10-8-6-4-2/h5-8,11-14,17-20,23-26,29-32,35-37,39-40,45,50,52,56,58,62,64,81,84H,3-4,9-10,15-16,21-22,27-28,33-34,38,41-44,46-49,51,53-55,57,59-61,63,65-80H2,1-2H3/b7-5-,8-6-,13-11-,14-12-,19-17-,20-18-,25-23-,26-24-,31-29-,32-30-,37-35-,40-39-,45-36-,52-50-,58-56-,64-62-. The maximum Gasteiger partial charge on any atom is 0.306 e. The molecule has 0 rings (SSSR count). The first-order valence-electron chi connectivity index (χ1n) is 36.0. The summed E-state index contributed by atoms with van der Waals surface area (Å²) >= 11 is 0. The van der Waals surface area contributed by atoms with Crippen LogP contribution in [-0.4, -0.2) is 36.4 Å². The molecule has 0 saturated heterocycles. The minimum absolute atomic E-state index is 0.0829. The summed E-state index contributed by atoms with van der Waals surface area (Å²) in [5, 5.41) is 9.71. The van der Waals surface area contributed by atoms with E-state index in [0.717, 1.165) is 161 Å². The van der Waals surface area contributed by atoms with Gasteiger partial charge in [-0.15, -0.1) is 0 Å². The Morgan fingerprint density at radius 2 is 0.455 bits per heavy atom. The SMILES string of the molecule is CC/C=C\C/C=C\C/C=C\C/C=C\C/C=C\C/C=C\C/C=C\C/C=C\C/C=C\CCCCCCCC(=O)OC(CO)COC(=O)CCCCCCCCCCCCCCCCCCCCC/C=C\C/C=C\C/C=C\C/C=C\C/C=C\C/C=C\C/C=C\CC. The Morgan fingerprint density at radius 3 is 0.682 bits per heavy atom. The van der Waals surface area contributed by atoms with Crippen LogP contribution in [0.25, 0.3) is 0 Å². The van der Waals surface area contributed by atoms with Crippen LogP contribution in [0, 0.1) is 0 Å². The van der Waals surface area contributed by atoms with E-state index in [4.69, 9.17) is 9.47 Å². The molecule has 0 aromatic rings. The first-order valence-corrected chi connectivity index (χ1v) is 36.0. The third-order valence-electron chi connectivity index (χ3n) is 14.9. The smallest absolute Gasteiger partial charge is 0.306 e. The van der Waals surface area contributed by atoms with Gasteiger partial charge >= 0.3 is 11.9 Å². The van der Waals surface area contributed by atoms with Crippen molar-refractivity contribution in [2.75, 3.05) is 13.2 Å². The number of aliphatic hydroxyl groups excluding tert-OH is 1. The second kappa shape index (κ2) is 76.0. The first-order chi connectivity index (χ1) is 43.6. The van der Waals surface area contributed by atoms with Crippen LogP contribution in [0.1, 0.15) is 296 Å². The Morgan fingerprint density at radius 1 is 0.261 bits per heavy atom. The van der Waals surface area contributed by atoms with Crippen molar-refractivity contribution < 1.29 is 24.2 Å². The lowest BCUT2D eigenvalue weighted by molar-refractivity contribution is -0.161. The molecule has 1 unspecified atom stereocenters. The van der Waals surface area contributed by atoms with Gasteiger partial charge in [-0.3, -0.25) is 9.59 Å². The minimum Gasteiger partial charge on any atom is -0.462 e. The van der Waals surface area contributed by atoms with Crippen molar-refractivity contribution >= 4 is 11.9 Å². The third-order valence-corrected chi connectivity index (χ3v) is 14.9. The van der Waals surface area contributed by atoms with Gasteiger partial charge in [0.05, 0.1) is 6.61 Å². The van der Waals surface area contributed by atoms with Gasteiger partial charge in [-0.1, -0.05) is 337 Å². The fourth-order valence-electron chi connectivity index (χ4n) is 9.59. The lowest BCUT2D eigenvalue weighted by Gasteiger charge is -2.15. The van der Waals surface area contributed by atoms with E-state index in [1.165, 1.54) is 109 Å². The maximum atomic E-state index is 12.4. The summed E-state index contributed by atoms with van der Waals surface area (Å²) in [5.41, 5.74) is 0. The van der Waals surface area contributed by atoms with Gasteiger partial charge in [0.15, 0.2) is 6.10 Å². The molecule has 0 fully saturated rings. The number of esters is 2. The molecule has 0 saturated carbocycles. The van der Waals surface area contributed by atoms with E-state index in [1.807, 2.05) is 0 Å². The fraction of sp³-hybridized carbons (Fsp3) is 0.590. The zero-order valence-corrected chi connectivity index (χ0v) is 56.7. The summed E-state index contributed by atoms with van der Waals surface area (Å²) in [6.07, 6.45) is 120. The Kier molecular flexibility index (Phi) is 71.4. The summed E-state index contributed by atoms with van der Waals surface area (Å²) < 4.78 is 10.7. The van der Waals surface area contributed by atoms with Crippen LogP contribution in [0.3, 0.4) is 0 Å². The van der Waals surface area contributed by atoms with E-state index in [-0.39, 0.29) is 25.2 Å². The molecule has 0 amide bonds. The molecule has 0 spiro atoms. The molecule has 5 heteroatoms. The fourth-order valence-corrected chi connectivity index (χ4v) is 9.59. The number of hydrogen-bond donors (Lipinski definition) is 1. The Hall–Kier alpha value is -5.26. The minimum atomic E-state index is -0.797. The first kappa shape index (κ1) is 82.7. The van der Waals surface area contributed by atoms with E-state index in [0.29, 0.717) is 12.8 Å². The number of ether oxygens (including phenoxy) is 2. The van der Waals surface area contributed by atoms with Crippen LogP contribution < -0.4 is 0 Å². The van der Waals surface area contributed by atoms with E-state index < -0.39 is 6.10 Å². The van der Waals surface area contributed by atoms with Gasteiger partial charge in [-0.25, -0.2) is 0 Å². The van der Waals surface area contributed by atoms with E-state index in [1.54, 1.807) is 0 Å². The monoisotopic (exact) mass is 1210 g/mol. The molecular weight excluding hydrogens is 1080 g/mol. The number of rotatable bonds is 64. The summed E-state index contributed by atoms with van der Waals surface area (Å²) in [6.45, 7) is 3.90. The summed E-state index contributed by atoms with van der Waals surface area (Å²) in [7, 11) is 0. The summed E-state index contributed by atoms with van der Waals surface area (Å²) in [5.74, 6) is -0.617. The predicted molar refractivity (Wildman–Crippen MR) is 389 cm³/mol. The number of allylic oxidation sites excluding steroid dienone is 32. The van der Waals surface area contributed by atoms with E-state index in [2.05, 4.69) is 208 Å².